The maximum atomic E-state index is 13.7. The van der Waals surface area contributed by atoms with Gasteiger partial charge in [0.2, 0.25) is 0 Å². The fourth-order valence-corrected chi connectivity index (χ4v) is 5.85. The molecule has 3 amide bonds. The Bertz CT molecular complexity index is 1070. The number of imide groups is 1. The van der Waals surface area contributed by atoms with Gasteiger partial charge in [-0.1, -0.05) is 18.2 Å². The molecule has 0 unspecified atom stereocenters. The molecule has 0 saturated carbocycles. The lowest BCUT2D eigenvalue weighted by molar-refractivity contribution is -0.136. The zero-order chi connectivity index (χ0) is 24.4. The summed E-state index contributed by atoms with van der Waals surface area (Å²) in [6, 6.07) is 10.3. The number of hydrogen-bond donors (Lipinski definition) is 0. The minimum atomic E-state index is -0.785. The number of methoxy groups -OCH3 is 1. The van der Waals surface area contributed by atoms with Gasteiger partial charge in [0.15, 0.2) is 0 Å². The van der Waals surface area contributed by atoms with E-state index >= 15 is 0 Å². The fraction of sp³-hybridized carbons (Fsp3) is 0.519. The van der Waals surface area contributed by atoms with E-state index in [1.165, 1.54) is 28.1 Å². The van der Waals surface area contributed by atoms with E-state index in [0.717, 1.165) is 38.2 Å². The molecule has 2 saturated heterocycles. The number of carbonyl (C=O) groups excluding carboxylic acids is 2. The average Bonchev–Trinajstić information content (AvgIpc) is 3.06. The Morgan fingerprint density at radius 2 is 1.89 bits per heavy atom. The molecule has 1 spiro atoms. The standard InChI is InChI=1S/C27H35N5O3/c1-29-12-4-6-23-17-21(7-8-24(23)29)19-30-13-9-27(10-14-30)25(33)31(20-22-5-3-11-28-18-22)26(34)32(27)15-16-35-2/h3,5,7-8,11,17-18H,4,6,9-10,12-16,19-20H2,1-2H3. The van der Waals surface area contributed by atoms with Crippen LogP contribution < -0.4 is 4.90 Å². The first-order valence-electron chi connectivity index (χ1n) is 12.6. The fourth-order valence-electron chi connectivity index (χ4n) is 5.85. The van der Waals surface area contributed by atoms with Crippen molar-refractivity contribution in [3.05, 3.63) is 59.4 Å². The van der Waals surface area contributed by atoms with Crippen molar-refractivity contribution in [3.63, 3.8) is 0 Å². The first-order chi connectivity index (χ1) is 17.0. The van der Waals surface area contributed by atoms with Gasteiger partial charge in [0.05, 0.1) is 13.2 Å². The molecule has 4 heterocycles. The predicted molar refractivity (Wildman–Crippen MR) is 134 cm³/mol. The summed E-state index contributed by atoms with van der Waals surface area (Å²) < 4.78 is 5.28. The summed E-state index contributed by atoms with van der Waals surface area (Å²) in [5, 5.41) is 0. The highest BCUT2D eigenvalue weighted by Crippen LogP contribution is 2.38. The molecule has 2 fully saturated rings. The Kier molecular flexibility index (Phi) is 6.75. The number of urea groups is 1. The van der Waals surface area contributed by atoms with Gasteiger partial charge in [-0.15, -0.1) is 0 Å². The second kappa shape index (κ2) is 9.95. The summed E-state index contributed by atoms with van der Waals surface area (Å²) >= 11 is 0. The van der Waals surface area contributed by atoms with Gasteiger partial charge in [-0.2, -0.15) is 0 Å². The van der Waals surface area contributed by atoms with Crippen LogP contribution in [-0.4, -0.2) is 84.1 Å². The minimum absolute atomic E-state index is 0.0843. The SMILES string of the molecule is COCCN1C(=O)N(Cc2cccnc2)C(=O)C12CCN(Cc1ccc3c(c1)CCCN3C)CC2. The first kappa shape index (κ1) is 23.8. The van der Waals surface area contributed by atoms with E-state index in [1.54, 1.807) is 24.4 Å². The summed E-state index contributed by atoms with van der Waals surface area (Å²) in [5.74, 6) is -0.0843. The van der Waals surface area contributed by atoms with Crippen molar-refractivity contribution in [2.75, 3.05) is 51.8 Å². The van der Waals surface area contributed by atoms with Crippen molar-refractivity contribution in [3.8, 4) is 0 Å². The van der Waals surface area contributed by atoms with Gasteiger partial charge in [0.25, 0.3) is 5.91 Å². The largest absolute Gasteiger partial charge is 0.383 e. The van der Waals surface area contributed by atoms with Crippen LogP contribution in [0.3, 0.4) is 0 Å². The number of rotatable bonds is 7. The topological polar surface area (TPSA) is 69.2 Å². The number of amides is 3. The molecule has 8 nitrogen and oxygen atoms in total. The molecule has 0 aliphatic carbocycles. The van der Waals surface area contributed by atoms with Crippen molar-refractivity contribution >= 4 is 17.6 Å². The number of ether oxygens (including phenoxy) is 1. The molecule has 3 aliphatic heterocycles. The summed E-state index contributed by atoms with van der Waals surface area (Å²) in [6.45, 7) is 4.62. The number of aryl methyl sites for hydroxylation is 1. The third-order valence-corrected chi connectivity index (χ3v) is 7.79. The lowest BCUT2D eigenvalue weighted by Gasteiger charge is -2.42. The number of carbonyl (C=O) groups is 2. The number of fused-ring (bicyclic) bond motifs is 1. The van der Waals surface area contributed by atoms with E-state index in [2.05, 4.69) is 40.0 Å². The quantitative estimate of drug-likeness (QED) is 0.572. The van der Waals surface area contributed by atoms with Gasteiger partial charge in [-0.25, -0.2) is 4.79 Å². The van der Waals surface area contributed by atoms with Crippen molar-refractivity contribution in [2.24, 2.45) is 0 Å². The molecule has 3 aliphatic rings. The zero-order valence-corrected chi connectivity index (χ0v) is 20.8. The summed E-state index contributed by atoms with van der Waals surface area (Å²) in [6.07, 6.45) is 7.01. The number of piperidine rings is 1. The summed E-state index contributed by atoms with van der Waals surface area (Å²) in [5.41, 5.74) is 4.16. The zero-order valence-electron chi connectivity index (χ0n) is 20.8. The highest BCUT2D eigenvalue weighted by Gasteiger charge is 2.57. The molecule has 8 heteroatoms. The molecule has 1 aromatic carbocycles. The molecule has 5 rings (SSSR count). The van der Waals surface area contributed by atoms with E-state index < -0.39 is 5.54 Å². The molecule has 0 radical (unpaired) electrons. The molecule has 0 N–H and O–H groups in total. The maximum absolute atomic E-state index is 13.7. The normalized spacial score (nSPS) is 20.1. The number of hydrogen-bond acceptors (Lipinski definition) is 6. The van der Waals surface area contributed by atoms with Gasteiger partial charge in [0, 0.05) is 65.0 Å². The third kappa shape index (κ3) is 4.52. The molecular weight excluding hydrogens is 442 g/mol. The molecule has 35 heavy (non-hydrogen) atoms. The van der Waals surface area contributed by atoms with Crippen LogP contribution in [0, 0.1) is 0 Å². The summed E-state index contributed by atoms with van der Waals surface area (Å²) in [7, 11) is 3.79. The van der Waals surface area contributed by atoms with E-state index in [9.17, 15) is 9.59 Å². The first-order valence-corrected chi connectivity index (χ1v) is 12.6. The lowest BCUT2D eigenvalue weighted by Crippen LogP contribution is -2.57. The Balaban J connectivity index is 1.29. The second-order valence-corrected chi connectivity index (χ2v) is 9.98. The smallest absolute Gasteiger partial charge is 0.328 e. The van der Waals surface area contributed by atoms with Crippen LogP contribution in [-0.2, 0) is 29.0 Å². The molecule has 1 aromatic heterocycles. The van der Waals surface area contributed by atoms with Gasteiger partial charge < -0.3 is 14.5 Å². The number of benzene rings is 1. The lowest BCUT2D eigenvalue weighted by atomic mass is 9.85. The highest BCUT2D eigenvalue weighted by molar-refractivity contribution is 6.07. The highest BCUT2D eigenvalue weighted by atomic mass is 16.5. The number of pyridine rings is 1. The molecular formula is C27H35N5O3. The van der Waals surface area contributed by atoms with Gasteiger partial charge in [-0.05, 0) is 54.5 Å². The average molecular weight is 478 g/mol. The molecule has 0 bridgehead atoms. The van der Waals surface area contributed by atoms with Crippen molar-refractivity contribution in [1.82, 2.24) is 19.7 Å². The van der Waals surface area contributed by atoms with E-state index in [4.69, 9.17) is 4.74 Å². The van der Waals surface area contributed by atoms with Crippen molar-refractivity contribution < 1.29 is 14.3 Å². The van der Waals surface area contributed by atoms with Crippen LogP contribution in [0.4, 0.5) is 10.5 Å². The maximum Gasteiger partial charge on any atom is 0.328 e. The van der Waals surface area contributed by atoms with Crippen molar-refractivity contribution in [2.45, 2.75) is 44.3 Å². The van der Waals surface area contributed by atoms with E-state index in [1.807, 2.05) is 12.1 Å². The van der Waals surface area contributed by atoms with Crippen LogP contribution in [0.1, 0.15) is 36.0 Å². The molecule has 2 aromatic rings. The van der Waals surface area contributed by atoms with Crippen LogP contribution in [0.5, 0.6) is 0 Å². The number of likely N-dealkylation sites (tertiary alicyclic amines) is 1. The minimum Gasteiger partial charge on any atom is -0.383 e. The van der Waals surface area contributed by atoms with Crippen LogP contribution in [0.25, 0.3) is 0 Å². The number of nitrogens with zero attached hydrogens (tertiary/aromatic N) is 5. The Hall–Kier alpha value is -2.97. The molecule has 0 atom stereocenters. The molecule has 186 valence electrons. The predicted octanol–water partition coefficient (Wildman–Crippen LogP) is 2.91. The Labute approximate surface area is 207 Å². The number of aromatic nitrogens is 1. The van der Waals surface area contributed by atoms with Crippen LogP contribution in [0.15, 0.2) is 42.7 Å². The van der Waals surface area contributed by atoms with E-state index in [-0.39, 0.29) is 18.5 Å². The van der Waals surface area contributed by atoms with Crippen LogP contribution >= 0.6 is 0 Å². The Morgan fingerprint density at radius 3 is 2.63 bits per heavy atom. The second-order valence-electron chi connectivity index (χ2n) is 9.98. The van der Waals surface area contributed by atoms with E-state index in [0.29, 0.717) is 26.0 Å². The summed E-state index contributed by atoms with van der Waals surface area (Å²) in [4.78, 5) is 39.1. The van der Waals surface area contributed by atoms with Gasteiger partial charge in [-0.3, -0.25) is 19.6 Å². The third-order valence-electron chi connectivity index (χ3n) is 7.79. The van der Waals surface area contributed by atoms with Gasteiger partial charge in [0.1, 0.15) is 5.54 Å². The monoisotopic (exact) mass is 477 g/mol. The Morgan fingerprint density at radius 1 is 1.06 bits per heavy atom. The van der Waals surface area contributed by atoms with Gasteiger partial charge >= 0.3 is 6.03 Å². The van der Waals surface area contributed by atoms with Crippen molar-refractivity contribution in [1.29, 1.82) is 0 Å². The van der Waals surface area contributed by atoms with Crippen LogP contribution in [0.2, 0.25) is 0 Å². The number of anilines is 1.